The van der Waals surface area contributed by atoms with Crippen molar-refractivity contribution in [3.05, 3.63) is 0 Å². The van der Waals surface area contributed by atoms with Gasteiger partial charge in [0.15, 0.2) is 0 Å². The largest absolute Gasteiger partial charge is 0.198 e. The van der Waals surface area contributed by atoms with Crippen molar-refractivity contribution in [3.8, 4) is 6.07 Å². The molecule has 3 fully saturated rings. The highest BCUT2D eigenvalue weighted by atomic mass is 14.4. The molecule has 0 radical (unpaired) electrons. The van der Waals surface area contributed by atoms with E-state index in [4.69, 9.17) is 0 Å². The Morgan fingerprint density at radius 2 is 1.32 bits per heavy atom. The molecular formula is C24H41N. The Balaban J connectivity index is 1.36. The summed E-state index contributed by atoms with van der Waals surface area (Å²) in [5.74, 6) is 5.37. The minimum Gasteiger partial charge on any atom is -0.198 e. The third-order valence-electron chi connectivity index (χ3n) is 8.15. The van der Waals surface area contributed by atoms with Crippen LogP contribution in [0.1, 0.15) is 110 Å². The Labute approximate surface area is 157 Å². The molecule has 1 heteroatoms. The SMILES string of the molecule is CCCCC[C@H]1CC[C@H]([C@H]2CC[C@H](C3CCCC(C#N)C3)CC2)CC1. The molecule has 2 atom stereocenters. The Morgan fingerprint density at radius 1 is 0.720 bits per heavy atom. The summed E-state index contributed by atoms with van der Waals surface area (Å²) >= 11 is 0. The van der Waals surface area contributed by atoms with E-state index < -0.39 is 0 Å². The van der Waals surface area contributed by atoms with Gasteiger partial charge in [-0.2, -0.15) is 5.26 Å². The van der Waals surface area contributed by atoms with Crippen LogP contribution in [-0.2, 0) is 0 Å². The molecule has 3 aliphatic carbocycles. The number of rotatable bonds is 6. The third-order valence-corrected chi connectivity index (χ3v) is 8.15. The highest BCUT2D eigenvalue weighted by Crippen LogP contribution is 2.46. The molecule has 0 bridgehead atoms. The first-order valence-electron chi connectivity index (χ1n) is 11.7. The van der Waals surface area contributed by atoms with Gasteiger partial charge >= 0.3 is 0 Å². The van der Waals surface area contributed by atoms with Crippen LogP contribution in [0.5, 0.6) is 0 Å². The summed E-state index contributed by atoms with van der Waals surface area (Å²) in [5.41, 5.74) is 0. The van der Waals surface area contributed by atoms with Gasteiger partial charge < -0.3 is 0 Å². The summed E-state index contributed by atoms with van der Waals surface area (Å²) in [6, 6.07) is 2.56. The van der Waals surface area contributed by atoms with E-state index in [1.54, 1.807) is 0 Å². The van der Waals surface area contributed by atoms with Crippen LogP contribution in [0.25, 0.3) is 0 Å². The molecule has 0 aromatic rings. The van der Waals surface area contributed by atoms with Crippen molar-refractivity contribution in [2.45, 2.75) is 110 Å². The molecule has 0 N–H and O–H groups in total. The summed E-state index contributed by atoms with van der Waals surface area (Å²) in [4.78, 5) is 0. The molecule has 0 saturated heterocycles. The van der Waals surface area contributed by atoms with Crippen LogP contribution >= 0.6 is 0 Å². The Hall–Kier alpha value is -0.510. The Morgan fingerprint density at radius 3 is 1.92 bits per heavy atom. The van der Waals surface area contributed by atoms with Gasteiger partial charge in [0.2, 0.25) is 0 Å². The van der Waals surface area contributed by atoms with Crippen LogP contribution in [0, 0.1) is 46.8 Å². The average molecular weight is 344 g/mol. The monoisotopic (exact) mass is 343 g/mol. The molecule has 0 amide bonds. The first-order valence-corrected chi connectivity index (χ1v) is 11.7. The molecule has 3 rings (SSSR count). The first-order chi connectivity index (χ1) is 12.3. The van der Waals surface area contributed by atoms with Gasteiger partial charge in [-0.3, -0.25) is 0 Å². The lowest BCUT2D eigenvalue weighted by Gasteiger charge is -2.41. The maximum Gasteiger partial charge on any atom is 0.0655 e. The Kier molecular flexibility index (Phi) is 7.69. The van der Waals surface area contributed by atoms with E-state index in [0.717, 1.165) is 29.6 Å². The number of nitrogens with zero attached hydrogens (tertiary/aromatic N) is 1. The van der Waals surface area contributed by atoms with Crippen molar-refractivity contribution in [3.63, 3.8) is 0 Å². The number of hydrogen-bond donors (Lipinski definition) is 0. The molecule has 0 aromatic carbocycles. The van der Waals surface area contributed by atoms with Gasteiger partial charge in [0, 0.05) is 5.92 Å². The molecule has 0 spiro atoms. The number of hydrogen-bond acceptors (Lipinski definition) is 1. The standard InChI is InChI=1S/C24H41N/c1-2-3-4-6-19-9-11-21(12-10-19)22-13-15-23(16-14-22)24-8-5-7-20(17-24)18-25/h19-24H,2-17H2,1H3/t19-,20?,21-,22-,23-,24?. The molecule has 2 unspecified atom stereocenters. The van der Waals surface area contributed by atoms with E-state index in [2.05, 4.69) is 13.0 Å². The van der Waals surface area contributed by atoms with Crippen LogP contribution in [-0.4, -0.2) is 0 Å². The lowest BCUT2D eigenvalue weighted by molar-refractivity contribution is 0.106. The average Bonchev–Trinajstić information content (AvgIpc) is 2.69. The maximum atomic E-state index is 9.26. The zero-order valence-corrected chi connectivity index (χ0v) is 16.7. The van der Waals surface area contributed by atoms with E-state index in [1.807, 2.05) is 0 Å². The minimum atomic E-state index is 0.374. The van der Waals surface area contributed by atoms with Crippen LogP contribution in [0.3, 0.4) is 0 Å². The van der Waals surface area contributed by atoms with Crippen molar-refractivity contribution in [2.24, 2.45) is 35.5 Å². The van der Waals surface area contributed by atoms with Gasteiger partial charge in [0.1, 0.15) is 0 Å². The molecule has 25 heavy (non-hydrogen) atoms. The second kappa shape index (κ2) is 9.99. The van der Waals surface area contributed by atoms with Gasteiger partial charge in [-0.05, 0) is 81.0 Å². The van der Waals surface area contributed by atoms with Crippen LogP contribution in [0.2, 0.25) is 0 Å². The van der Waals surface area contributed by atoms with Crippen molar-refractivity contribution >= 4 is 0 Å². The topological polar surface area (TPSA) is 23.8 Å². The zero-order chi connectivity index (χ0) is 17.5. The van der Waals surface area contributed by atoms with Crippen LogP contribution < -0.4 is 0 Å². The highest BCUT2D eigenvalue weighted by molar-refractivity contribution is 4.91. The van der Waals surface area contributed by atoms with E-state index in [1.165, 1.54) is 103 Å². The fourth-order valence-corrected chi connectivity index (χ4v) is 6.49. The smallest absolute Gasteiger partial charge is 0.0655 e. The van der Waals surface area contributed by atoms with Gasteiger partial charge in [-0.1, -0.05) is 58.3 Å². The summed E-state index contributed by atoms with van der Waals surface area (Å²) < 4.78 is 0. The lowest BCUT2D eigenvalue weighted by atomic mass is 9.64. The summed E-state index contributed by atoms with van der Waals surface area (Å²) in [7, 11) is 0. The maximum absolute atomic E-state index is 9.26. The Bertz CT molecular complexity index is 406. The number of unbranched alkanes of at least 4 members (excludes halogenated alkanes) is 2. The minimum absolute atomic E-state index is 0.374. The van der Waals surface area contributed by atoms with Crippen LogP contribution in [0.15, 0.2) is 0 Å². The van der Waals surface area contributed by atoms with Crippen molar-refractivity contribution in [1.82, 2.24) is 0 Å². The van der Waals surface area contributed by atoms with Gasteiger partial charge in [-0.15, -0.1) is 0 Å². The fraction of sp³-hybridized carbons (Fsp3) is 0.958. The van der Waals surface area contributed by atoms with E-state index >= 15 is 0 Å². The molecule has 3 saturated carbocycles. The summed E-state index contributed by atoms with van der Waals surface area (Å²) in [5, 5.41) is 9.26. The van der Waals surface area contributed by atoms with E-state index in [9.17, 15) is 5.26 Å². The molecule has 142 valence electrons. The molecule has 1 nitrogen and oxygen atoms in total. The third kappa shape index (κ3) is 5.48. The summed E-state index contributed by atoms with van der Waals surface area (Å²) in [6.07, 6.45) is 23.0. The van der Waals surface area contributed by atoms with Crippen molar-refractivity contribution < 1.29 is 0 Å². The molecule has 0 heterocycles. The van der Waals surface area contributed by atoms with E-state index in [-0.39, 0.29) is 0 Å². The second-order valence-corrected chi connectivity index (χ2v) is 9.70. The van der Waals surface area contributed by atoms with Gasteiger partial charge in [0.05, 0.1) is 6.07 Å². The normalized spacial score (nSPS) is 39.7. The van der Waals surface area contributed by atoms with Crippen molar-refractivity contribution in [2.75, 3.05) is 0 Å². The van der Waals surface area contributed by atoms with Gasteiger partial charge in [0.25, 0.3) is 0 Å². The van der Waals surface area contributed by atoms with Gasteiger partial charge in [-0.25, -0.2) is 0 Å². The highest BCUT2D eigenvalue weighted by Gasteiger charge is 2.34. The molecule has 3 aliphatic rings. The molecule has 0 aliphatic heterocycles. The van der Waals surface area contributed by atoms with Crippen molar-refractivity contribution in [1.29, 1.82) is 5.26 Å². The quantitative estimate of drug-likeness (QED) is 0.458. The zero-order valence-electron chi connectivity index (χ0n) is 16.7. The van der Waals surface area contributed by atoms with Crippen LogP contribution in [0.4, 0.5) is 0 Å². The lowest BCUT2D eigenvalue weighted by Crippen LogP contribution is -2.30. The molecule has 0 aromatic heterocycles. The number of nitriles is 1. The molecular weight excluding hydrogens is 302 g/mol. The first kappa shape index (κ1) is 19.3. The predicted molar refractivity (Wildman–Crippen MR) is 106 cm³/mol. The predicted octanol–water partition coefficient (Wildman–Crippen LogP) is 7.51. The fourth-order valence-electron chi connectivity index (χ4n) is 6.49. The summed E-state index contributed by atoms with van der Waals surface area (Å²) in [6.45, 7) is 2.32. The second-order valence-electron chi connectivity index (χ2n) is 9.70. The van der Waals surface area contributed by atoms with E-state index in [0.29, 0.717) is 5.92 Å².